The van der Waals surface area contributed by atoms with Crippen LogP contribution < -0.4 is 5.32 Å². The molecule has 3 nitrogen and oxygen atoms in total. The molecule has 0 aromatic carbocycles. The summed E-state index contributed by atoms with van der Waals surface area (Å²) in [6.07, 6.45) is 1.26. The molecule has 0 aliphatic carbocycles. The number of nitrogens with one attached hydrogen (secondary N) is 1. The van der Waals surface area contributed by atoms with Gasteiger partial charge in [-0.2, -0.15) is 11.8 Å². The zero-order valence-electron chi connectivity index (χ0n) is 13.3. The first-order valence-corrected chi connectivity index (χ1v) is 8.64. The van der Waals surface area contributed by atoms with E-state index in [9.17, 15) is 0 Å². The maximum atomic E-state index is 5.84. The number of aryl methyl sites for hydroxylation is 1. The van der Waals surface area contributed by atoms with Crippen molar-refractivity contribution >= 4 is 11.8 Å². The molecule has 0 bridgehead atoms. The van der Waals surface area contributed by atoms with Crippen LogP contribution in [0.4, 0.5) is 0 Å². The monoisotopic (exact) mass is 296 g/mol. The van der Waals surface area contributed by atoms with Gasteiger partial charge in [0.15, 0.2) is 0 Å². The molecule has 0 unspecified atom stereocenters. The molecule has 0 radical (unpaired) electrons. The van der Waals surface area contributed by atoms with Crippen molar-refractivity contribution in [1.29, 1.82) is 0 Å². The molecular weight excluding hydrogens is 268 g/mol. The first-order chi connectivity index (χ1) is 9.50. The van der Waals surface area contributed by atoms with E-state index in [-0.39, 0.29) is 0 Å². The predicted molar refractivity (Wildman–Crippen MR) is 87.3 cm³/mol. The van der Waals surface area contributed by atoms with E-state index in [0.717, 1.165) is 31.2 Å². The largest absolute Gasteiger partial charge is 0.465 e. The molecule has 1 N–H and O–H groups in total. The van der Waals surface area contributed by atoms with Crippen molar-refractivity contribution in [3.8, 4) is 0 Å². The number of hydrogen-bond donors (Lipinski definition) is 1. The second-order valence-electron chi connectivity index (χ2n) is 6.21. The molecule has 1 aromatic rings. The molecule has 1 fully saturated rings. The third kappa shape index (κ3) is 4.54. The molecule has 2 rings (SSSR count). The summed E-state index contributed by atoms with van der Waals surface area (Å²) < 4.78 is 6.26. The summed E-state index contributed by atoms with van der Waals surface area (Å²) in [5, 5.41) is 3.32. The number of rotatable bonds is 5. The highest BCUT2D eigenvalue weighted by molar-refractivity contribution is 8.00. The number of hydrogen-bond acceptors (Lipinski definition) is 4. The zero-order valence-corrected chi connectivity index (χ0v) is 14.1. The lowest BCUT2D eigenvalue weighted by Crippen LogP contribution is -2.26. The van der Waals surface area contributed by atoms with Gasteiger partial charge in [-0.05, 0) is 32.5 Å². The minimum Gasteiger partial charge on any atom is -0.465 e. The number of furan rings is 1. The highest BCUT2D eigenvalue weighted by Gasteiger charge is 2.24. The minimum absolute atomic E-state index is 0.427. The van der Waals surface area contributed by atoms with Crippen LogP contribution in [0.3, 0.4) is 0 Å². The fourth-order valence-corrected chi connectivity index (χ4v) is 3.68. The standard InChI is InChI=1S/C16H28N2OS/c1-5-17-11-15-10-14(13(2)19-15)12-18-7-6-16(3,4)20-9-8-18/h10,17H,5-9,11-12H2,1-4H3. The van der Waals surface area contributed by atoms with Crippen LogP contribution in [0.2, 0.25) is 0 Å². The third-order valence-corrected chi connectivity index (χ3v) is 5.32. The quantitative estimate of drug-likeness (QED) is 0.901. The van der Waals surface area contributed by atoms with Crippen molar-refractivity contribution in [3.63, 3.8) is 0 Å². The van der Waals surface area contributed by atoms with Gasteiger partial charge >= 0.3 is 0 Å². The predicted octanol–water partition coefficient (Wildman–Crippen LogP) is 3.42. The van der Waals surface area contributed by atoms with Gasteiger partial charge in [0.25, 0.3) is 0 Å². The SMILES string of the molecule is CCNCc1cc(CN2CCSC(C)(C)CC2)c(C)o1. The Hall–Kier alpha value is -0.450. The minimum atomic E-state index is 0.427. The third-order valence-electron chi connectivity index (χ3n) is 3.95. The van der Waals surface area contributed by atoms with E-state index in [0.29, 0.717) is 4.75 Å². The van der Waals surface area contributed by atoms with Crippen LogP contribution in [0, 0.1) is 6.92 Å². The highest BCUT2D eigenvalue weighted by atomic mass is 32.2. The van der Waals surface area contributed by atoms with E-state index >= 15 is 0 Å². The summed E-state index contributed by atoms with van der Waals surface area (Å²) in [6.45, 7) is 14.1. The maximum Gasteiger partial charge on any atom is 0.118 e. The molecule has 1 saturated heterocycles. The van der Waals surface area contributed by atoms with Crippen molar-refractivity contribution in [2.45, 2.75) is 52.0 Å². The molecule has 1 aliphatic rings. The molecular formula is C16H28N2OS. The second-order valence-corrected chi connectivity index (χ2v) is 8.01. The van der Waals surface area contributed by atoms with Gasteiger partial charge in [-0.1, -0.05) is 20.8 Å². The lowest BCUT2D eigenvalue weighted by Gasteiger charge is -2.22. The Bertz CT molecular complexity index is 428. The number of thioether (sulfide) groups is 1. The molecule has 0 saturated carbocycles. The molecule has 1 aliphatic heterocycles. The van der Waals surface area contributed by atoms with E-state index in [1.54, 1.807) is 0 Å². The van der Waals surface area contributed by atoms with Crippen molar-refractivity contribution < 1.29 is 4.42 Å². The summed E-state index contributed by atoms with van der Waals surface area (Å²) in [7, 11) is 0. The van der Waals surface area contributed by atoms with Crippen LogP contribution in [0.15, 0.2) is 10.5 Å². The van der Waals surface area contributed by atoms with Gasteiger partial charge < -0.3 is 9.73 Å². The van der Waals surface area contributed by atoms with Gasteiger partial charge in [0.1, 0.15) is 11.5 Å². The van der Waals surface area contributed by atoms with Crippen molar-refractivity contribution in [2.75, 3.05) is 25.4 Å². The lowest BCUT2D eigenvalue weighted by molar-refractivity contribution is 0.274. The summed E-state index contributed by atoms with van der Waals surface area (Å²) >= 11 is 2.10. The highest BCUT2D eigenvalue weighted by Crippen LogP contribution is 2.31. The maximum absolute atomic E-state index is 5.84. The van der Waals surface area contributed by atoms with Crippen LogP contribution in [-0.4, -0.2) is 35.0 Å². The van der Waals surface area contributed by atoms with Crippen LogP contribution in [0.5, 0.6) is 0 Å². The molecule has 20 heavy (non-hydrogen) atoms. The Morgan fingerprint density at radius 1 is 1.40 bits per heavy atom. The molecule has 0 atom stereocenters. The topological polar surface area (TPSA) is 28.4 Å². The van der Waals surface area contributed by atoms with Crippen LogP contribution in [-0.2, 0) is 13.1 Å². The van der Waals surface area contributed by atoms with E-state index in [2.05, 4.69) is 55.7 Å². The van der Waals surface area contributed by atoms with Crippen LogP contribution in [0.25, 0.3) is 0 Å². The van der Waals surface area contributed by atoms with E-state index in [1.807, 2.05) is 0 Å². The van der Waals surface area contributed by atoms with Crippen LogP contribution in [0.1, 0.15) is 44.3 Å². The normalized spacial score (nSPS) is 20.0. The summed E-state index contributed by atoms with van der Waals surface area (Å²) in [5.74, 6) is 3.37. The smallest absolute Gasteiger partial charge is 0.118 e. The molecule has 0 spiro atoms. The number of nitrogens with zero attached hydrogens (tertiary/aromatic N) is 1. The van der Waals surface area contributed by atoms with E-state index in [1.165, 1.54) is 30.8 Å². The van der Waals surface area contributed by atoms with Gasteiger partial charge in [0, 0.05) is 29.2 Å². The lowest BCUT2D eigenvalue weighted by atomic mass is 10.1. The summed E-state index contributed by atoms with van der Waals surface area (Å²) in [6, 6.07) is 2.22. The van der Waals surface area contributed by atoms with Gasteiger partial charge in [-0.25, -0.2) is 0 Å². The second kappa shape index (κ2) is 7.01. The Labute approximate surface area is 127 Å². The molecule has 1 aromatic heterocycles. The average molecular weight is 296 g/mol. The van der Waals surface area contributed by atoms with Gasteiger partial charge in [0.05, 0.1) is 6.54 Å². The van der Waals surface area contributed by atoms with Gasteiger partial charge in [0.2, 0.25) is 0 Å². The Kier molecular flexibility index (Phi) is 5.58. The van der Waals surface area contributed by atoms with E-state index < -0.39 is 0 Å². The zero-order chi connectivity index (χ0) is 14.6. The fraction of sp³-hybridized carbons (Fsp3) is 0.750. The fourth-order valence-electron chi connectivity index (χ4n) is 2.54. The molecule has 114 valence electrons. The van der Waals surface area contributed by atoms with E-state index in [4.69, 9.17) is 4.42 Å². The van der Waals surface area contributed by atoms with Gasteiger partial charge in [-0.3, -0.25) is 4.90 Å². The van der Waals surface area contributed by atoms with Crippen LogP contribution >= 0.6 is 11.8 Å². The van der Waals surface area contributed by atoms with Crippen molar-refractivity contribution in [3.05, 3.63) is 23.2 Å². The summed E-state index contributed by atoms with van der Waals surface area (Å²) in [4.78, 5) is 2.57. The molecule has 4 heteroatoms. The van der Waals surface area contributed by atoms with Crippen molar-refractivity contribution in [2.24, 2.45) is 0 Å². The Morgan fingerprint density at radius 2 is 2.20 bits per heavy atom. The molecule has 2 heterocycles. The Balaban J connectivity index is 1.94. The summed E-state index contributed by atoms with van der Waals surface area (Å²) in [5.41, 5.74) is 1.35. The van der Waals surface area contributed by atoms with Crippen molar-refractivity contribution in [1.82, 2.24) is 10.2 Å². The molecule has 0 amide bonds. The average Bonchev–Trinajstić information content (AvgIpc) is 2.63. The first kappa shape index (κ1) is 15.9. The first-order valence-electron chi connectivity index (χ1n) is 7.65. The Morgan fingerprint density at radius 3 is 2.95 bits per heavy atom. The van der Waals surface area contributed by atoms with Gasteiger partial charge in [-0.15, -0.1) is 0 Å².